The van der Waals surface area contributed by atoms with Gasteiger partial charge in [0.15, 0.2) is 0 Å². The lowest BCUT2D eigenvalue weighted by Gasteiger charge is -2.08. The summed E-state index contributed by atoms with van der Waals surface area (Å²) >= 11 is 5.83. The van der Waals surface area contributed by atoms with E-state index in [2.05, 4.69) is 30.6 Å². The third-order valence-electron chi connectivity index (χ3n) is 2.43. The van der Waals surface area contributed by atoms with Crippen LogP contribution >= 0.6 is 11.6 Å². The van der Waals surface area contributed by atoms with Crippen LogP contribution in [0, 0.1) is 5.92 Å². The molecule has 0 saturated carbocycles. The van der Waals surface area contributed by atoms with E-state index in [-0.39, 0.29) is 0 Å². The number of hydrogen-bond acceptors (Lipinski definition) is 1. The zero-order valence-corrected chi connectivity index (χ0v) is 10.0. The van der Waals surface area contributed by atoms with E-state index in [1.54, 1.807) is 0 Å². The Morgan fingerprint density at radius 2 is 2.21 bits per heavy atom. The summed E-state index contributed by atoms with van der Waals surface area (Å²) in [5, 5.41) is 4.36. The molecule has 0 N–H and O–H groups in total. The van der Waals surface area contributed by atoms with Crippen molar-refractivity contribution in [2.75, 3.05) is 0 Å². The number of alkyl halides is 1. The largest absolute Gasteiger partial charge is 0.269 e. The maximum Gasteiger partial charge on any atom is 0.0536 e. The van der Waals surface area contributed by atoms with Crippen molar-refractivity contribution in [1.82, 2.24) is 9.78 Å². The number of halogens is 1. The molecule has 0 fully saturated rings. The van der Waals surface area contributed by atoms with Gasteiger partial charge in [-0.25, -0.2) is 0 Å². The molecular formula is C11H19ClN2. The van der Waals surface area contributed by atoms with Crippen molar-refractivity contribution in [1.29, 1.82) is 0 Å². The van der Waals surface area contributed by atoms with Gasteiger partial charge in [0.1, 0.15) is 0 Å². The van der Waals surface area contributed by atoms with E-state index < -0.39 is 0 Å². The normalized spacial score (nSPS) is 11.2. The third-order valence-corrected chi connectivity index (χ3v) is 2.72. The Bertz CT molecular complexity index is 279. The molecule has 1 heterocycles. The van der Waals surface area contributed by atoms with Crippen LogP contribution in [0.4, 0.5) is 0 Å². The van der Waals surface area contributed by atoms with Crippen LogP contribution in [0.3, 0.4) is 0 Å². The highest BCUT2D eigenvalue weighted by molar-refractivity contribution is 6.17. The Balaban J connectivity index is 2.71. The summed E-state index contributed by atoms with van der Waals surface area (Å²) in [6, 6.07) is 0. The van der Waals surface area contributed by atoms with Crippen molar-refractivity contribution in [2.45, 2.75) is 46.0 Å². The fourth-order valence-corrected chi connectivity index (χ4v) is 1.77. The Hall–Kier alpha value is -0.500. The van der Waals surface area contributed by atoms with E-state index in [0.717, 1.165) is 18.9 Å². The van der Waals surface area contributed by atoms with Crippen molar-refractivity contribution < 1.29 is 0 Å². The minimum absolute atomic E-state index is 0.574. The first-order valence-corrected chi connectivity index (χ1v) is 5.82. The Morgan fingerprint density at radius 3 is 2.71 bits per heavy atom. The number of aryl methyl sites for hydroxylation is 1. The zero-order valence-electron chi connectivity index (χ0n) is 9.26. The predicted molar refractivity (Wildman–Crippen MR) is 60.6 cm³/mol. The lowest BCUT2D eigenvalue weighted by molar-refractivity contribution is 0.476. The molecule has 0 aliphatic heterocycles. The third kappa shape index (κ3) is 2.74. The highest BCUT2D eigenvalue weighted by Gasteiger charge is 2.07. The fourth-order valence-electron chi connectivity index (χ4n) is 1.54. The van der Waals surface area contributed by atoms with Gasteiger partial charge in [-0.15, -0.1) is 11.6 Å². The quantitative estimate of drug-likeness (QED) is 0.689. The van der Waals surface area contributed by atoms with Crippen molar-refractivity contribution in [3.8, 4) is 0 Å². The lowest BCUT2D eigenvalue weighted by Crippen LogP contribution is -2.07. The first kappa shape index (κ1) is 11.6. The molecule has 2 nitrogen and oxygen atoms in total. The van der Waals surface area contributed by atoms with Gasteiger partial charge in [0, 0.05) is 17.8 Å². The summed E-state index contributed by atoms with van der Waals surface area (Å²) in [6.45, 7) is 7.63. The second kappa shape index (κ2) is 5.40. The molecule has 1 rings (SSSR count). The van der Waals surface area contributed by atoms with Crippen molar-refractivity contribution in [3.63, 3.8) is 0 Å². The maximum absolute atomic E-state index is 5.83. The summed E-state index contributed by atoms with van der Waals surface area (Å²) in [5.74, 6) is 1.30. The molecule has 0 unspecified atom stereocenters. The standard InChI is InChI=1S/C11H19ClN2/c1-4-11-10(7-12)8-13-14(11)6-5-9(2)3/h8-9H,4-7H2,1-3H3. The molecule has 1 aromatic rings. The molecule has 0 atom stereocenters. The van der Waals surface area contributed by atoms with Crippen molar-refractivity contribution in [2.24, 2.45) is 5.92 Å². The van der Waals surface area contributed by atoms with Crippen LogP contribution in [0.1, 0.15) is 38.4 Å². The molecule has 0 bridgehead atoms. The van der Waals surface area contributed by atoms with E-state index in [4.69, 9.17) is 11.6 Å². The second-order valence-electron chi connectivity index (χ2n) is 4.01. The smallest absolute Gasteiger partial charge is 0.0536 e. The van der Waals surface area contributed by atoms with E-state index in [1.165, 1.54) is 17.7 Å². The van der Waals surface area contributed by atoms with E-state index in [0.29, 0.717) is 5.88 Å². The van der Waals surface area contributed by atoms with Gasteiger partial charge in [-0.1, -0.05) is 20.8 Å². The van der Waals surface area contributed by atoms with E-state index >= 15 is 0 Å². The van der Waals surface area contributed by atoms with Crippen molar-refractivity contribution >= 4 is 11.6 Å². The summed E-state index contributed by atoms with van der Waals surface area (Å²) in [4.78, 5) is 0. The molecule has 0 spiro atoms. The summed E-state index contributed by atoms with van der Waals surface area (Å²) in [5.41, 5.74) is 2.47. The molecule has 3 heteroatoms. The molecule has 0 radical (unpaired) electrons. The fraction of sp³-hybridized carbons (Fsp3) is 0.727. The Labute approximate surface area is 91.3 Å². The number of rotatable bonds is 5. The summed E-state index contributed by atoms with van der Waals surface area (Å²) in [7, 11) is 0. The predicted octanol–water partition coefficient (Wildman–Crippen LogP) is 3.23. The van der Waals surface area contributed by atoms with Crippen LogP contribution in [0.15, 0.2) is 6.20 Å². The average molecular weight is 215 g/mol. The highest BCUT2D eigenvalue weighted by atomic mass is 35.5. The molecule has 0 aromatic carbocycles. The second-order valence-corrected chi connectivity index (χ2v) is 4.28. The molecule has 0 aliphatic carbocycles. The number of hydrogen-bond donors (Lipinski definition) is 0. The van der Waals surface area contributed by atoms with Gasteiger partial charge in [-0.3, -0.25) is 4.68 Å². The zero-order chi connectivity index (χ0) is 10.6. The van der Waals surface area contributed by atoms with Gasteiger partial charge in [-0.05, 0) is 18.8 Å². The van der Waals surface area contributed by atoms with E-state index in [1.807, 2.05) is 6.20 Å². The molecule has 0 amide bonds. The first-order valence-electron chi connectivity index (χ1n) is 5.28. The number of aromatic nitrogens is 2. The van der Waals surface area contributed by atoms with Gasteiger partial charge < -0.3 is 0 Å². The van der Waals surface area contributed by atoms with Crippen LogP contribution in [-0.2, 0) is 18.8 Å². The average Bonchev–Trinajstić information content (AvgIpc) is 2.56. The lowest BCUT2D eigenvalue weighted by atomic mass is 10.1. The Kier molecular flexibility index (Phi) is 4.46. The minimum atomic E-state index is 0.574. The monoisotopic (exact) mass is 214 g/mol. The maximum atomic E-state index is 5.83. The molecule has 0 saturated heterocycles. The van der Waals surface area contributed by atoms with Crippen LogP contribution in [0.5, 0.6) is 0 Å². The molecule has 0 aliphatic rings. The van der Waals surface area contributed by atoms with Gasteiger partial charge in [-0.2, -0.15) is 5.10 Å². The van der Waals surface area contributed by atoms with Gasteiger partial charge in [0.2, 0.25) is 0 Å². The van der Waals surface area contributed by atoms with Gasteiger partial charge in [0.05, 0.1) is 12.1 Å². The molecule has 14 heavy (non-hydrogen) atoms. The van der Waals surface area contributed by atoms with Gasteiger partial charge in [0.25, 0.3) is 0 Å². The molecule has 80 valence electrons. The van der Waals surface area contributed by atoms with Crippen LogP contribution in [0.25, 0.3) is 0 Å². The summed E-state index contributed by atoms with van der Waals surface area (Å²) < 4.78 is 2.09. The minimum Gasteiger partial charge on any atom is -0.269 e. The molecule has 1 aromatic heterocycles. The first-order chi connectivity index (χ1) is 6.69. The topological polar surface area (TPSA) is 17.8 Å². The van der Waals surface area contributed by atoms with E-state index in [9.17, 15) is 0 Å². The number of nitrogens with zero attached hydrogens (tertiary/aromatic N) is 2. The van der Waals surface area contributed by atoms with Gasteiger partial charge >= 0.3 is 0 Å². The van der Waals surface area contributed by atoms with Crippen LogP contribution in [-0.4, -0.2) is 9.78 Å². The Morgan fingerprint density at radius 1 is 1.50 bits per heavy atom. The summed E-state index contributed by atoms with van der Waals surface area (Å²) in [6.07, 6.45) is 4.09. The van der Waals surface area contributed by atoms with Crippen LogP contribution in [0.2, 0.25) is 0 Å². The molecular weight excluding hydrogens is 196 g/mol. The SMILES string of the molecule is CCc1c(CCl)cnn1CCC(C)C. The highest BCUT2D eigenvalue weighted by Crippen LogP contribution is 2.13. The van der Waals surface area contributed by atoms with Crippen LogP contribution < -0.4 is 0 Å². The van der Waals surface area contributed by atoms with Crippen molar-refractivity contribution in [3.05, 3.63) is 17.5 Å².